The van der Waals surface area contributed by atoms with Gasteiger partial charge in [-0.05, 0) is 45.0 Å². The first-order valence-electron chi connectivity index (χ1n) is 8.94. The molecule has 6 nitrogen and oxygen atoms in total. The van der Waals surface area contributed by atoms with Crippen LogP contribution in [0, 0.1) is 0 Å². The van der Waals surface area contributed by atoms with E-state index in [0.29, 0.717) is 17.1 Å². The van der Waals surface area contributed by atoms with E-state index in [4.69, 9.17) is 0 Å². The van der Waals surface area contributed by atoms with Crippen molar-refractivity contribution in [2.75, 3.05) is 21.7 Å². The van der Waals surface area contributed by atoms with Crippen molar-refractivity contribution in [2.45, 2.75) is 32.7 Å². The second kappa shape index (κ2) is 7.32. The van der Waals surface area contributed by atoms with Crippen LogP contribution in [0.25, 0.3) is 0 Å². The SMILES string of the molecule is CC(C)(C)NCC(=O)CCN1c2ccccc2N(c2ccccc2)S1(=O)=O. The molecule has 3 rings (SSSR count). The summed E-state index contributed by atoms with van der Waals surface area (Å²) in [6, 6.07) is 16.1. The van der Waals surface area contributed by atoms with Gasteiger partial charge in [-0.15, -0.1) is 0 Å². The van der Waals surface area contributed by atoms with Crippen LogP contribution in [0.5, 0.6) is 0 Å². The molecule has 1 heterocycles. The minimum absolute atomic E-state index is 0.0178. The molecule has 2 aromatic carbocycles. The molecule has 0 unspecified atom stereocenters. The smallest absolute Gasteiger partial charge is 0.305 e. The summed E-state index contributed by atoms with van der Waals surface area (Å²) in [5, 5.41) is 3.14. The second-order valence-electron chi connectivity index (χ2n) is 7.56. The van der Waals surface area contributed by atoms with E-state index in [1.807, 2.05) is 32.9 Å². The molecule has 2 aromatic rings. The van der Waals surface area contributed by atoms with Crippen LogP contribution in [0.2, 0.25) is 0 Å². The van der Waals surface area contributed by atoms with Crippen molar-refractivity contribution in [2.24, 2.45) is 0 Å². The number of para-hydroxylation sites is 3. The summed E-state index contributed by atoms with van der Waals surface area (Å²) in [6.45, 7) is 6.30. The Labute approximate surface area is 161 Å². The number of fused-ring (bicyclic) bond motifs is 1. The molecule has 0 saturated heterocycles. The van der Waals surface area contributed by atoms with Gasteiger partial charge in [0, 0.05) is 18.5 Å². The van der Waals surface area contributed by atoms with Crippen LogP contribution in [0.1, 0.15) is 27.2 Å². The minimum atomic E-state index is -3.79. The van der Waals surface area contributed by atoms with Crippen molar-refractivity contribution in [1.29, 1.82) is 0 Å². The lowest BCUT2D eigenvalue weighted by molar-refractivity contribution is -0.118. The number of anilines is 3. The predicted molar refractivity (Wildman–Crippen MR) is 109 cm³/mol. The van der Waals surface area contributed by atoms with Gasteiger partial charge in [-0.3, -0.25) is 9.10 Å². The van der Waals surface area contributed by atoms with Crippen LogP contribution < -0.4 is 13.9 Å². The van der Waals surface area contributed by atoms with Crippen LogP contribution in [0.15, 0.2) is 54.6 Å². The summed E-state index contributed by atoms with van der Waals surface area (Å²) in [5.41, 5.74) is 1.61. The fraction of sp³-hybridized carbons (Fsp3) is 0.350. The summed E-state index contributed by atoms with van der Waals surface area (Å²) < 4.78 is 29.1. The summed E-state index contributed by atoms with van der Waals surface area (Å²) >= 11 is 0. The van der Waals surface area contributed by atoms with E-state index in [1.54, 1.807) is 42.5 Å². The molecule has 1 N–H and O–H groups in total. The molecule has 1 aliphatic rings. The Morgan fingerprint density at radius 1 is 0.963 bits per heavy atom. The lowest BCUT2D eigenvalue weighted by atomic mass is 10.1. The maximum Gasteiger partial charge on any atom is 0.330 e. The first-order chi connectivity index (χ1) is 12.7. The topological polar surface area (TPSA) is 69.7 Å². The zero-order chi connectivity index (χ0) is 19.7. The van der Waals surface area contributed by atoms with E-state index in [0.717, 1.165) is 0 Å². The lowest BCUT2D eigenvalue weighted by Crippen LogP contribution is -2.41. The van der Waals surface area contributed by atoms with Gasteiger partial charge in [0.1, 0.15) is 5.78 Å². The molecule has 0 aliphatic carbocycles. The maximum absolute atomic E-state index is 13.2. The zero-order valence-electron chi connectivity index (χ0n) is 15.8. The van der Waals surface area contributed by atoms with E-state index in [9.17, 15) is 13.2 Å². The molecule has 7 heteroatoms. The summed E-state index contributed by atoms with van der Waals surface area (Å²) in [5.74, 6) is -0.0178. The summed E-state index contributed by atoms with van der Waals surface area (Å²) in [6.07, 6.45) is 0.152. The van der Waals surface area contributed by atoms with Crippen LogP contribution in [0.4, 0.5) is 17.1 Å². The number of rotatable bonds is 6. The molecule has 0 atom stereocenters. The van der Waals surface area contributed by atoms with Crippen LogP contribution >= 0.6 is 0 Å². The standard InChI is InChI=1S/C20H25N3O3S/c1-20(2,3)21-15-17(24)13-14-22-18-11-7-8-12-19(18)23(27(22,25)26)16-9-5-4-6-10-16/h4-12,21H,13-15H2,1-3H3. The number of hydrogen-bond acceptors (Lipinski definition) is 4. The number of Topliss-reactive ketones (excluding diaryl/α,β-unsaturated/α-hetero) is 1. The van der Waals surface area contributed by atoms with Crippen molar-refractivity contribution in [3.05, 3.63) is 54.6 Å². The Balaban J connectivity index is 1.83. The highest BCUT2D eigenvalue weighted by Crippen LogP contribution is 2.44. The highest BCUT2D eigenvalue weighted by atomic mass is 32.2. The van der Waals surface area contributed by atoms with E-state index in [2.05, 4.69) is 5.32 Å². The van der Waals surface area contributed by atoms with Gasteiger partial charge in [0.05, 0.1) is 23.6 Å². The highest BCUT2D eigenvalue weighted by Gasteiger charge is 2.40. The number of ketones is 1. The quantitative estimate of drug-likeness (QED) is 0.826. The Morgan fingerprint density at radius 3 is 2.19 bits per heavy atom. The third-order valence-corrected chi connectivity index (χ3v) is 6.08. The van der Waals surface area contributed by atoms with Crippen LogP contribution in [0.3, 0.4) is 0 Å². The van der Waals surface area contributed by atoms with E-state index in [-0.39, 0.29) is 30.8 Å². The van der Waals surface area contributed by atoms with Gasteiger partial charge in [-0.2, -0.15) is 8.42 Å². The summed E-state index contributed by atoms with van der Waals surface area (Å²) in [7, 11) is -3.79. The number of nitrogens with one attached hydrogen (secondary N) is 1. The molecule has 1 aliphatic heterocycles. The van der Waals surface area contributed by atoms with E-state index >= 15 is 0 Å². The molecular formula is C20H25N3O3S. The lowest BCUT2D eigenvalue weighted by Gasteiger charge is -2.22. The van der Waals surface area contributed by atoms with Crippen molar-refractivity contribution in [1.82, 2.24) is 5.32 Å². The molecule has 0 saturated carbocycles. The second-order valence-corrected chi connectivity index (χ2v) is 9.26. The fourth-order valence-corrected chi connectivity index (χ4v) is 4.66. The average Bonchev–Trinajstić information content (AvgIpc) is 2.84. The van der Waals surface area contributed by atoms with Crippen LogP contribution in [-0.2, 0) is 15.0 Å². The number of benzene rings is 2. The fourth-order valence-electron chi connectivity index (χ4n) is 2.94. The monoisotopic (exact) mass is 387 g/mol. The summed E-state index contributed by atoms with van der Waals surface area (Å²) in [4.78, 5) is 12.2. The third-order valence-electron chi connectivity index (χ3n) is 4.28. The number of nitrogens with zero attached hydrogens (tertiary/aromatic N) is 2. The van der Waals surface area contributed by atoms with E-state index in [1.165, 1.54) is 8.61 Å². The van der Waals surface area contributed by atoms with Crippen molar-refractivity contribution < 1.29 is 13.2 Å². The molecule has 144 valence electrons. The molecular weight excluding hydrogens is 362 g/mol. The Morgan fingerprint density at radius 2 is 1.56 bits per heavy atom. The Bertz CT molecular complexity index is 921. The number of carbonyl (C=O) groups excluding carboxylic acids is 1. The Kier molecular flexibility index (Phi) is 5.26. The molecule has 0 bridgehead atoms. The zero-order valence-corrected chi connectivity index (χ0v) is 16.7. The van der Waals surface area contributed by atoms with Gasteiger partial charge in [0.2, 0.25) is 0 Å². The Hall–Kier alpha value is -2.38. The van der Waals surface area contributed by atoms with Gasteiger partial charge < -0.3 is 5.32 Å². The maximum atomic E-state index is 13.2. The molecule has 0 amide bonds. The van der Waals surface area contributed by atoms with Gasteiger partial charge in [-0.1, -0.05) is 30.3 Å². The number of carbonyl (C=O) groups is 1. The molecule has 0 spiro atoms. The van der Waals surface area contributed by atoms with Gasteiger partial charge in [0.25, 0.3) is 0 Å². The van der Waals surface area contributed by atoms with Gasteiger partial charge >= 0.3 is 10.2 Å². The van der Waals surface area contributed by atoms with Crippen molar-refractivity contribution in [3.8, 4) is 0 Å². The number of hydrogen-bond donors (Lipinski definition) is 1. The third kappa shape index (κ3) is 4.14. The average molecular weight is 388 g/mol. The van der Waals surface area contributed by atoms with Crippen LogP contribution in [-0.4, -0.2) is 32.8 Å². The van der Waals surface area contributed by atoms with E-state index < -0.39 is 10.2 Å². The highest BCUT2D eigenvalue weighted by molar-refractivity contribution is 7.95. The van der Waals surface area contributed by atoms with Gasteiger partial charge in [0.15, 0.2) is 0 Å². The normalized spacial score (nSPS) is 15.7. The first kappa shape index (κ1) is 19.4. The van der Waals surface area contributed by atoms with Crippen molar-refractivity contribution >= 4 is 33.1 Å². The first-order valence-corrected chi connectivity index (χ1v) is 10.3. The van der Waals surface area contributed by atoms with Gasteiger partial charge in [-0.25, -0.2) is 4.31 Å². The molecule has 0 aromatic heterocycles. The predicted octanol–water partition coefficient (Wildman–Crippen LogP) is 3.24. The minimum Gasteiger partial charge on any atom is -0.305 e. The largest absolute Gasteiger partial charge is 0.330 e. The molecule has 27 heavy (non-hydrogen) atoms. The molecule has 0 fully saturated rings. The van der Waals surface area contributed by atoms with Crippen molar-refractivity contribution in [3.63, 3.8) is 0 Å². The molecule has 0 radical (unpaired) electrons.